The SMILES string of the molecule is COC(=O)C1(Nc2cccc(Cl)c2)CCC2(CC1)c1cc3c(cc1C[C@@H]2C[C@@H](C)COc1ccnc2c1[C@H](C)CCC2)O[C@@H](C)CCO3. The number of nitrogens with zero attached hydrogens (tertiary/aromatic N) is 1. The van der Waals surface area contributed by atoms with Crippen LogP contribution < -0.4 is 19.5 Å². The minimum Gasteiger partial charge on any atom is -0.493 e. The number of carbonyl (C=O) groups is 1. The molecule has 1 spiro atoms. The van der Waals surface area contributed by atoms with Gasteiger partial charge in [0.15, 0.2) is 11.5 Å². The van der Waals surface area contributed by atoms with Crippen LogP contribution in [0.4, 0.5) is 5.69 Å². The standard InChI is InChI=1S/C40H49ClN2O5/c1-25(24-47-34-11-17-42-33-10-5-7-26(2)37(33)34)19-29-20-28-21-36-35(46-18-12-27(3)48-36)23-32(28)39(29)13-15-40(16-14-39,38(44)45-4)43-31-9-6-8-30(41)22-31/h6,8-9,11,17,21-23,25-27,29,43H,5,7,10,12-16,18-20,24H2,1-4H3/t25-,26-,27+,29+,39?,40?/m1/s1. The van der Waals surface area contributed by atoms with Crippen molar-refractivity contribution in [3.05, 3.63) is 76.1 Å². The molecule has 1 N–H and O–H groups in total. The van der Waals surface area contributed by atoms with Crippen molar-refractivity contribution in [2.45, 2.75) is 108 Å². The van der Waals surface area contributed by atoms with Crippen molar-refractivity contribution in [2.24, 2.45) is 11.8 Å². The highest BCUT2D eigenvalue weighted by molar-refractivity contribution is 6.30. The molecule has 2 heterocycles. The van der Waals surface area contributed by atoms with Crippen molar-refractivity contribution < 1.29 is 23.7 Å². The molecule has 3 aromatic rings. The Morgan fingerprint density at radius 1 is 1.10 bits per heavy atom. The van der Waals surface area contributed by atoms with E-state index < -0.39 is 5.54 Å². The monoisotopic (exact) mass is 672 g/mol. The molecule has 7 nitrogen and oxygen atoms in total. The van der Waals surface area contributed by atoms with Gasteiger partial charge < -0.3 is 24.3 Å². The Kier molecular flexibility index (Phi) is 9.27. The number of ether oxygens (including phenoxy) is 4. The van der Waals surface area contributed by atoms with Gasteiger partial charge in [0.1, 0.15) is 11.3 Å². The second-order valence-electron chi connectivity index (χ2n) is 14.9. The number of pyridine rings is 1. The molecule has 8 heteroatoms. The Labute approximate surface area is 290 Å². The molecule has 7 rings (SSSR count). The van der Waals surface area contributed by atoms with Gasteiger partial charge >= 0.3 is 5.97 Å². The number of carbonyl (C=O) groups excluding carboxylic acids is 1. The molecule has 3 aliphatic carbocycles. The van der Waals surface area contributed by atoms with Crippen LogP contribution in [0.15, 0.2) is 48.7 Å². The molecular formula is C40H49ClN2O5. The first-order chi connectivity index (χ1) is 23.2. The highest BCUT2D eigenvalue weighted by Crippen LogP contribution is 2.58. The maximum absolute atomic E-state index is 13.5. The number of rotatable bonds is 8. The summed E-state index contributed by atoms with van der Waals surface area (Å²) in [5.41, 5.74) is 5.10. The van der Waals surface area contributed by atoms with Gasteiger partial charge in [0, 0.05) is 34.6 Å². The van der Waals surface area contributed by atoms with Gasteiger partial charge in [-0.2, -0.15) is 0 Å². The van der Waals surface area contributed by atoms with Gasteiger partial charge in [0.2, 0.25) is 0 Å². The summed E-state index contributed by atoms with van der Waals surface area (Å²) < 4.78 is 24.6. The fourth-order valence-corrected chi connectivity index (χ4v) is 9.30. The zero-order valence-electron chi connectivity index (χ0n) is 28.8. The summed E-state index contributed by atoms with van der Waals surface area (Å²) in [7, 11) is 1.48. The van der Waals surface area contributed by atoms with E-state index in [0.29, 0.717) is 48.8 Å². The van der Waals surface area contributed by atoms with Crippen LogP contribution in [0.5, 0.6) is 17.2 Å². The summed E-state index contributed by atoms with van der Waals surface area (Å²) in [5, 5.41) is 4.20. The lowest BCUT2D eigenvalue weighted by Gasteiger charge is -2.47. The summed E-state index contributed by atoms with van der Waals surface area (Å²) in [6.45, 7) is 8.03. The third kappa shape index (κ3) is 6.23. The number of methoxy groups -OCH3 is 1. The predicted octanol–water partition coefficient (Wildman–Crippen LogP) is 8.84. The Morgan fingerprint density at radius 3 is 2.73 bits per heavy atom. The molecular weight excluding hydrogens is 624 g/mol. The van der Waals surface area contributed by atoms with E-state index in [0.717, 1.165) is 61.5 Å². The molecule has 1 fully saturated rings. The van der Waals surface area contributed by atoms with Gasteiger partial charge in [-0.1, -0.05) is 31.5 Å². The smallest absolute Gasteiger partial charge is 0.331 e. The molecule has 2 aromatic carbocycles. The molecule has 0 saturated heterocycles. The van der Waals surface area contributed by atoms with Crippen LogP contribution in [-0.2, 0) is 27.8 Å². The molecule has 4 aliphatic rings. The van der Waals surface area contributed by atoms with Gasteiger partial charge in [-0.05, 0) is 135 Å². The van der Waals surface area contributed by atoms with E-state index >= 15 is 0 Å². The maximum Gasteiger partial charge on any atom is 0.331 e. The minimum absolute atomic E-state index is 0.0994. The first kappa shape index (κ1) is 33.1. The van der Waals surface area contributed by atoms with E-state index in [1.54, 1.807) is 0 Å². The Bertz CT molecular complexity index is 1650. The molecule has 256 valence electrons. The number of esters is 1. The van der Waals surface area contributed by atoms with Crippen molar-refractivity contribution >= 4 is 23.3 Å². The lowest BCUT2D eigenvalue weighted by Crippen LogP contribution is -2.53. The molecule has 0 amide bonds. The second kappa shape index (κ2) is 13.5. The van der Waals surface area contributed by atoms with Crippen molar-refractivity contribution in [1.82, 2.24) is 4.98 Å². The van der Waals surface area contributed by atoms with E-state index in [4.69, 9.17) is 30.5 Å². The minimum atomic E-state index is -0.829. The van der Waals surface area contributed by atoms with E-state index in [1.807, 2.05) is 30.5 Å². The van der Waals surface area contributed by atoms with E-state index in [9.17, 15) is 4.79 Å². The van der Waals surface area contributed by atoms with Crippen LogP contribution in [-0.4, -0.2) is 42.9 Å². The first-order valence-electron chi connectivity index (χ1n) is 17.9. The van der Waals surface area contributed by atoms with Crippen molar-refractivity contribution in [3.63, 3.8) is 0 Å². The molecule has 0 unspecified atom stereocenters. The largest absolute Gasteiger partial charge is 0.493 e. The van der Waals surface area contributed by atoms with E-state index in [-0.39, 0.29) is 17.5 Å². The number of aromatic nitrogens is 1. The summed E-state index contributed by atoms with van der Waals surface area (Å²) in [4.78, 5) is 18.2. The Morgan fingerprint density at radius 2 is 1.94 bits per heavy atom. The number of benzene rings is 2. The normalized spacial score (nSPS) is 28.1. The number of anilines is 1. The van der Waals surface area contributed by atoms with Gasteiger partial charge in [-0.3, -0.25) is 4.98 Å². The van der Waals surface area contributed by atoms with Gasteiger partial charge in [0.25, 0.3) is 0 Å². The van der Waals surface area contributed by atoms with Crippen LogP contribution in [0.25, 0.3) is 0 Å². The topological polar surface area (TPSA) is 78.9 Å². The van der Waals surface area contributed by atoms with Gasteiger partial charge in [-0.15, -0.1) is 0 Å². The molecule has 0 bridgehead atoms. The fourth-order valence-electron chi connectivity index (χ4n) is 9.11. The predicted molar refractivity (Wildman–Crippen MR) is 189 cm³/mol. The number of fused-ring (bicyclic) bond motifs is 4. The van der Waals surface area contributed by atoms with E-state index in [2.05, 4.69) is 49.3 Å². The summed E-state index contributed by atoms with van der Waals surface area (Å²) in [6.07, 6.45) is 11.3. The first-order valence-corrected chi connectivity index (χ1v) is 18.3. The molecule has 1 saturated carbocycles. The van der Waals surface area contributed by atoms with E-state index in [1.165, 1.54) is 42.3 Å². The summed E-state index contributed by atoms with van der Waals surface area (Å²) in [5.74, 6) is 3.67. The molecule has 1 aromatic heterocycles. The molecule has 4 atom stereocenters. The van der Waals surface area contributed by atoms with Crippen molar-refractivity contribution in [2.75, 3.05) is 25.6 Å². The Hall–Kier alpha value is -3.45. The highest BCUT2D eigenvalue weighted by atomic mass is 35.5. The zero-order chi connectivity index (χ0) is 33.5. The van der Waals surface area contributed by atoms with Crippen molar-refractivity contribution in [1.29, 1.82) is 0 Å². The molecule has 0 radical (unpaired) electrons. The lowest BCUT2D eigenvalue weighted by atomic mass is 9.59. The van der Waals surface area contributed by atoms with Crippen LogP contribution in [0, 0.1) is 11.8 Å². The van der Waals surface area contributed by atoms with Crippen molar-refractivity contribution in [3.8, 4) is 17.2 Å². The number of nitrogens with one attached hydrogen (secondary N) is 1. The average molecular weight is 673 g/mol. The second-order valence-corrected chi connectivity index (χ2v) is 15.3. The number of aryl methyl sites for hydroxylation is 1. The van der Waals surface area contributed by atoms with Crippen LogP contribution in [0.1, 0.15) is 100 Å². The maximum atomic E-state index is 13.5. The quantitative estimate of drug-likeness (QED) is 0.240. The third-order valence-electron chi connectivity index (χ3n) is 11.6. The van der Waals surface area contributed by atoms with Crippen LogP contribution in [0.3, 0.4) is 0 Å². The number of hydrogen-bond acceptors (Lipinski definition) is 7. The Balaban J connectivity index is 1.16. The van der Waals surface area contributed by atoms with Gasteiger partial charge in [-0.25, -0.2) is 4.79 Å². The average Bonchev–Trinajstić information content (AvgIpc) is 3.21. The third-order valence-corrected chi connectivity index (χ3v) is 11.9. The zero-order valence-corrected chi connectivity index (χ0v) is 29.5. The molecule has 48 heavy (non-hydrogen) atoms. The van der Waals surface area contributed by atoms with Crippen LogP contribution in [0.2, 0.25) is 5.02 Å². The highest BCUT2D eigenvalue weighted by Gasteiger charge is 2.55. The molecule has 1 aliphatic heterocycles. The summed E-state index contributed by atoms with van der Waals surface area (Å²) >= 11 is 6.34. The summed E-state index contributed by atoms with van der Waals surface area (Å²) in [6, 6.07) is 14.2. The number of hydrogen-bond donors (Lipinski definition) is 1. The fraction of sp³-hybridized carbons (Fsp3) is 0.550. The van der Waals surface area contributed by atoms with Gasteiger partial charge in [0.05, 0.1) is 26.4 Å². The lowest BCUT2D eigenvalue weighted by molar-refractivity contribution is -0.148. The number of halogens is 1. The van der Waals surface area contributed by atoms with Crippen LogP contribution >= 0.6 is 11.6 Å².